The van der Waals surface area contributed by atoms with E-state index in [0.717, 1.165) is 22.3 Å². The molecular weight excluding hydrogens is 460 g/mol. The summed E-state index contributed by atoms with van der Waals surface area (Å²) in [5.74, 6) is -0.148. The molecule has 0 aliphatic carbocycles. The van der Waals surface area contributed by atoms with E-state index >= 15 is 0 Å². The Bertz CT molecular complexity index is 1410. The number of fused-ring (bicyclic) bond motifs is 1. The molecule has 4 aromatic rings. The summed E-state index contributed by atoms with van der Waals surface area (Å²) in [5, 5.41) is 6.99. The van der Waals surface area contributed by atoms with Crippen LogP contribution in [0.5, 0.6) is 0 Å². The molecule has 0 spiro atoms. The monoisotopic (exact) mass is 496 g/mol. The van der Waals surface area contributed by atoms with E-state index in [-0.39, 0.29) is 17.2 Å². The molecule has 37 heavy (non-hydrogen) atoms. The van der Waals surface area contributed by atoms with Crippen molar-refractivity contribution >= 4 is 28.4 Å². The van der Waals surface area contributed by atoms with Crippen LogP contribution in [0.15, 0.2) is 66.9 Å². The smallest absolute Gasteiger partial charge is 0.267 e. The average Bonchev–Trinajstić information content (AvgIpc) is 3.18. The lowest BCUT2D eigenvalue weighted by Gasteiger charge is -2.17. The van der Waals surface area contributed by atoms with E-state index in [1.165, 1.54) is 16.7 Å². The lowest BCUT2D eigenvalue weighted by atomic mass is 9.92. The van der Waals surface area contributed by atoms with Gasteiger partial charge in [-0.1, -0.05) is 50.6 Å². The summed E-state index contributed by atoms with van der Waals surface area (Å²) in [6, 6.07) is 19.9. The van der Waals surface area contributed by atoms with Crippen molar-refractivity contribution in [2.24, 2.45) is 5.41 Å². The first-order chi connectivity index (χ1) is 17.6. The van der Waals surface area contributed by atoms with E-state index < -0.39 is 0 Å². The Morgan fingerprint density at radius 2 is 1.78 bits per heavy atom. The number of nitrogens with zero attached hydrogens (tertiary/aromatic N) is 2. The van der Waals surface area contributed by atoms with Crippen molar-refractivity contribution < 1.29 is 9.59 Å². The topological polar surface area (TPSA) is 76.0 Å². The number of aryl methyl sites for hydroxylation is 2. The van der Waals surface area contributed by atoms with Crippen LogP contribution in [0, 0.1) is 19.3 Å². The fourth-order valence-electron chi connectivity index (χ4n) is 4.48. The second kappa shape index (κ2) is 11.0. The van der Waals surface area contributed by atoms with Gasteiger partial charge in [0.1, 0.15) is 5.69 Å². The van der Waals surface area contributed by atoms with Crippen LogP contribution in [0.4, 0.5) is 5.69 Å². The third-order valence-electron chi connectivity index (χ3n) is 6.33. The van der Waals surface area contributed by atoms with Gasteiger partial charge in [-0.2, -0.15) is 0 Å². The van der Waals surface area contributed by atoms with Crippen molar-refractivity contribution in [1.82, 2.24) is 14.9 Å². The van der Waals surface area contributed by atoms with Gasteiger partial charge >= 0.3 is 0 Å². The molecule has 0 bridgehead atoms. The molecule has 2 aromatic carbocycles. The Kier molecular flexibility index (Phi) is 7.77. The van der Waals surface area contributed by atoms with Crippen molar-refractivity contribution in [2.45, 2.75) is 54.0 Å². The molecule has 0 radical (unpaired) electrons. The highest BCUT2D eigenvalue weighted by Crippen LogP contribution is 2.27. The summed E-state index contributed by atoms with van der Waals surface area (Å²) in [7, 11) is 0. The Hall–Kier alpha value is -3.93. The van der Waals surface area contributed by atoms with Crippen LogP contribution in [0.1, 0.15) is 60.1 Å². The Morgan fingerprint density at radius 3 is 2.51 bits per heavy atom. The zero-order chi connectivity index (χ0) is 26.6. The second-order valence-corrected chi connectivity index (χ2v) is 10.9. The Morgan fingerprint density at radius 1 is 0.973 bits per heavy atom. The molecule has 0 saturated carbocycles. The zero-order valence-electron chi connectivity index (χ0n) is 22.4. The van der Waals surface area contributed by atoms with Gasteiger partial charge in [-0.3, -0.25) is 14.6 Å². The molecule has 2 N–H and O–H groups in total. The van der Waals surface area contributed by atoms with E-state index in [9.17, 15) is 9.59 Å². The first-order valence-electron chi connectivity index (χ1n) is 12.8. The van der Waals surface area contributed by atoms with Gasteiger partial charge in [-0.05, 0) is 66.8 Å². The predicted octanol–water partition coefficient (Wildman–Crippen LogP) is 6.05. The number of hydrogen-bond acceptors (Lipinski definition) is 3. The number of pyridine rings is 1. The molecule has 192 valence electrons. The van der Waals surface area contributed by atoms with E-state index in [1.54, 1.807) is 6.20 Å². The number of amides is 2. The van der Waals surface area contributed by atoms with Gasteiger partial charge in [-0.15, -0.1) is 0 Å². The zero-order valence-corrected chi connectivity index (χ0v) is 22.4. The number of carbonyl (C=O) groups is 2. The first kappa shape index (κ1) is 26.1. The van der Waals surface area contributed by atoms with Gasteiger partial charge in [0.2, 0.25) is 5.91 Å². The molecule has 2 amide bonds. The number of rotatable bonds is 8. The van der Waals surface area contributed by atoms with Crippen molar-refractivity contribution in [3.05, 3.63) is 94.9 Å². The molecule has 6 heteroatoms. The third-order valence-corrected chi connectivity index (χ3v) is 6.33. The van der Waals surface area contributed by atoms with Gasteiger partial charge in [0.05, 0.1) is 0 Å². The fourth-order valence-corrected chi connectivity index (χ4v) is 4.48. The summed E-state index contributed by atoms with van der Waals surface area (Å²) in [5.41, 5.74) is 6.65. The lowest BCUT2D eigenvalue weighted by molar-refractivity contribution is -0.117. The minimum absolute atomic E-state index is 0.0193. The summed E-state index contributed by atoms with van der Waals surface area (Å²) >= 11 is 0. The molecule has 0 unspecified atom stereocenters. The largest absolute Gasteiger partial charge is 0.350 e. The van der Waals surface area contributed by atoms with Gasteiger partial charge < -0.3 is 15.2 Å². The van der Waals surface area contributed by atoms with E-state index in [4.69, 9.17) is 0 Å². The molecule has 4 rings (SSSR count). The van der Waals surface area contributed by atoms with E-state index in [0.29, 0.717) is 31.6 Å². The maximum atomic E-state index is 13.4. The van der Waals surface area contributed by atoms with Crippen molar-refractivity contribution in [2.75, 3.05) is 11.9 Å². The molecular formula is C31H36N4O2. The summed E-state index contributed by atoms with van der Waals surface area (Å²) in [6.07, 6.45) is 2.85. The quantitative estimate of drug-likeness (QED) is 0.312. The van der Waals surface area contributed by atoms with Crippen LogP contribution < -0.4 is 10.6 Å². The normalized spacial score (nSPS) is 11.5. The van der Waals surface area contributed by atoms with Crippen LogP contribution in [-0.2, 0) is 17.8 Å². The van der Waals surface area contributed by atoms with Crippen LogP contribution in [-0.4, -0.2) is 27.9 Å². The van der Waals surface area contributed by atoms with Crippen LogP contribution in [0.3, 0.4) is 0 Å². The molecule has 0 atom stereocenters. The number of nitrogens with one attached hydrogen (secondary N) is 2. The molecule has 0 aliphatic heterocycles. The second-order valence-electron chi connectivity index (χ2n) is 10.9. The molecule has 2 aromatic heterocycles. The number of benzene rings is 2. The SMILES string of the molecule is Cc1ccc(C)c(Cn2c(C(=O)NCCc3ccccn3)cc3cc(NC(=O)CC(C)(C)C)ccc32)c1. The highest BCUT2D eigenvalue weighted by Gasteiger charge is 2.19. The van der Waals surface area contributed by atoms with Crippen molar-refractivity contribution in [3.63, 3.8) is 0 Å². The number of hydrogen-bond donors (Lipinski definition) is 2. The van der Waals surface area contributed by atoms with Crippen molar-refractivity contribution in [3.8, 4) is 0 Å². The average molecular weight is 497 g/mol. The maximum Gasteiger partial charge on any atom is 0.267 e. The fraction of sp³-hybridized carbons (Fsp3) is 0.323. The van der Waals surface area contributed by atoms with Gasteiger partial charge in [0.25, 0.3) is 5.91 Å². The molecule has 0 saturated heterocycles. The van der Waals surface area contributed by atoms with Crippen LogP contribution >= 0.6 is 0 Å². The van der Waals surface area contributed by atoms with E-state index in [2.05, 4.69) is 52.2 Å². The van der Waals surface area contributed by atoms with Crippen molar-refractivity contribution in [1.29, 1.82) is 0 Å². The highest BCUT2D eigenvalue weighted by molar-refractivity contribution is 6.00. The predicted molar refractivity (Wildman–Crippen MR) is 150 cm³/mol. The first-order valence-corrected chi connectivity index (χ1v) is 12.8. The minimum Gasteiger partial charge on any atom is -0.350 e. The standard InChI is InChI=1S/C31H36N4O2/c1-21-9-10-22(2)24(16-21)20-35-27-12-11-26(34-29(36)19-31(3,4)5)17-23(27)18-28(35)30(37)33-15-13-25-8-6-7-14-32-25/h6-12,14,16-18H,13,15,19-20H2,1-5H3,(H,33,37)(H,34,36). The van der Waals surface area contributed by atoms with Crippen LogP contribution in [0.25, 0.3) is 10.9 Å². The van der Waals surface area contributed by atoms with Crippen LogP contribution in [0.2, 0.25) is 0 Å². The van der Waals surface area contributed by atoms with E-state index in [1.807, 2.05) is 63.2 Å². The summed E-state index contributed by atoms with van der Waals surface area (Å²) in [4.78, 5) is 30.2. The molecule has 0 aliphatic rings. The van der Waals surface area contributed by atoms with Gasteiger partial charge in [0, 0.05) is 54.4 Å². The number of aromatic nitrogens is 2. The highest BCUT2D eigenvalue weighted by atomic mass is 16.2. The number of anilines is 1. The molecule has 2 heterocycles. The Balaban J connectivity index is 1.63. The number of carbonyl (C=O) groups excluding carboxylic acids is 2. The van der Waals surface area contributed by atoms with Gasteiger partial charge in [0.15, 0.2) is 0 Å². The summed E-state index contributed by atoms with van der Waals surface area (Å²) in [6.45, 7) is 11.4. The summed E-state index contributed by atoms with van der Waals surface area (Å²) < 4.78 is 2.06. The molecule has 6 nitrogen and oxygen atoms in total. The lowest BCUT2D eigenvalue weighted by Crippen LogP contribution is -2.28. The van der Waals surface area contributed by atoms with Gasteiger partial charge in [-0.25, -0.2) is 0 Å². The molecule has 0 fully saturated rings. The Labute approximate surface area is 219 Å². The third kappa shape index (κ3) is 6.85. The minimum atomic E-state index is -0.129. The maximum absolute atomic E-state index is 13.4.